The maximum atomic E-state index is 9.52. The van der Waals surface area contributed by atoms with Crippen LogP contribution < -0.4 is 10.6 Å². The molecule has 3 nitrogen and oxygen atoms in total. The normalized spacial score (nSPS) is 12.6. The van der Waals surface area contributed by atoms with Gasteiger partial charge in [-0.3, -0.25) is 0 Å². The Hall–Kier alpha value is -1.22. The first-order valence-electron chi connectivity index (χ1n) is 4.87. The zero-order valence-electron chi connectivity index (χ0n) is 8.99. The van der Waals surface area contributed by atoms with Gasteiger partial charge < -0.3 is 15.7 Å². The van der Waals surface area contributed by atoms with E-state index in [9.17, 15) is 5.11 Å². The molecular formula is C11H18N2O. The molecule has 0 radical (unpaired) electrons. The largest absolute Gasteiger partial charge is 0.399 e. The SMILES string of the molecule is CCN(c1ccc(N)c(C)c1)[C@@H](C)O. The highest BCUT2D eigenvalue weighted by Crippen LogP contribution is 2.21. The molecule has 0 saturated carbocycles. The number of aliphatic hydroxyl groups is 1. The smallest absolute Gasteiger partial charge is 0.124 e. The number of nitrogen functional groups attached to an aromatic ring is 1. The second-order valence-corrected chi connectivity index (χ2v) is 3.46. The van der Waals surface area contributed by atoms with Crippen LogP contribution in [-0.4, -0.2) is 17.9 Å². The summed E-state index contributed by atoms with van der Waals surface area (Å²) in [5.74, 6) is 0. The van der Waals surface area contributed by atoms with E-state index in [4.69, 9.17) is 5.73 Å². The summed E-state index contributed by atoms with van der Waals surface area (Å²) in [6, 6.07) is 5.79. The summed E-state index contributed by atoms with van der Waals surface area (Å²) in [4.78, 5) is 1.91. The summed E-state index contributed by atoms with van der Waals surface area (Å²) in [6.45, 7) is 6.52. The molecule has 0 bridgehead atoms. The van der Waals surface area contributed by atoms with Crippen molar-refractivity contribution in [1.82, 2.24) is 0 Å². The molecule has 0 amide bonds. The van der Waals surface area contributed by atoms with Gasteiger partial charge in [0.25, 0.3) is 0 Å². The van der Waals surface area contributed by atoms with Crippen LogP contribution in [0, 0.1) is 6.92 Å². The second-order valence-electron chi connectivity index (χ2n) is 3.46. The van der Waals surface area contributed by atoms with Crippen LogP contribution in [0.3, 0.4) is 0 Å². The third-order valence-electron chi connectivity index (χ3n) is 2.38. The first-order valence-corrected chi connectivity index (χ1v) is 4.87. The van der Waals surface area contributed by atoms with Gasteiger partial charge in [0, 0.05) is 17.9 Å². The number of nitrogens with two attached hydrogens (primary N) is 1. The number of nitrogens with zero attached hydrogens (tertiary/aromatic N) is 1. The van der Waals surface area contributed by atoms with Gasteiger partial charge in [-0.2, -0.15) is 0 Å². The summed E-state index contributed by atoms with van der Waals surface area (Å²) in [6.07, 6.45) is -0.469. The van der Waals surface area contributed by atoms with Gasteiger partial charge in [-0.05, 0) is 44.5 Å². The Bertz CT molecular complexity index is 310. The Kier molecular flexibility index (Phi) is 3.36. The van der Waals surface area contributed by atoms with Crippen molar-refractivity contribution >= 4 is 11.4 Å². The van der Waals surface area contributed by atoms with Crippen molar-refractivity contribution in [3.63, 3.8) is 0 Å². The minimum Gasteiger partial charge on any atom is -0.399 e. The average Bonchev–Trinajstić information content (AvgIpc) is 2.11. The lowest BCUT2D eigenvalue weighted by molar-refractivity contribution is 0.190. The molecular weight excluding hydrogens is 176 g/mol. The third-order valence-corrected chi connectivity index (χ3v) is 2.38. The van der Waals surface area contributed by atoms with Crippen molar-refractivity contribution in [2.24, 2.45) is 0 Å². The Morgan fingerprint density at radius 3 is 2.57 bits per heavy atom. The van der Waals surface area contributed by atoms with Crippen molar-refractivity contribution < 1.29 is 5.11 Å². The van der Waals surface area contributed by atoms with Crippen molar-refractivity contribution in [2.45, 2.75) is 27.0 Å². The topological polar surface area (TPSA) is 49.5 Å². The van der Waals surface area contributed by atoms with Gasteiger partial charge in [-0.15, -0.1) is 0 Å². The van der Waals surface area contributed by atoms with Crippen LogP contribution in [0.25, 0.3) is 0 Å². The Morgan fingerprint density at radius 1 is 1.50 bits per heavy atom. The molecule has 0 saturated heterocycles. The zero-order chi connectivity index (χ0) is 10.7. The summed E-state index contributed by atoms with van der Waals surface area (Å²) in [5.41, 5.74) is 8.56. The van der Waals surface area contributed by atoms with E-state index in [1.165, 1.54) is 0 Å². The zero-order valence-corrected chi connectivity index (χ0v) is 8.99. The Labute approximate surface area is 85.2 Å². The van der Waals surface area contributed by atoms with E-state index in [1.807, 2.05) is 36.9 Å². The molecule has 1 rings (SSSR count). The summed E-state index contributed by atoms with van der Waals surface area (Å²) < 4.78 is 0. The van der Waals surface area contributed by atoms with Crippen LogP contribution in [0.1, 0.15) is 19.4 Å². The second kappa shape index (κ2) is 4.33. The molecule has 0 aliphatic heterocycles. The summed E-state index contributed by atoms with van der Waals surface area (Å²) >= 11 is 0. The first-order chi connectivity index (χ1) is 6.56. The molecule has 78 valence electrons. The van der Waals surface area contributed by atoms with Gasteiger partial charge in [-0.1, -0.05) is 0 Å². The fourth-order valence-electron chi connectivity index (χ4n) is 1.50. The number of rotatable bonds is 3. The Balaban J connectivity index is 3.00. The molecule has 0 aromatic heterocycles. The Morgan fingerprint density at radius 2 is 2.14 bits per heavy atom. The van der Waals surface area contributed by atoms with Gasteiger partial charge in [0.05, 0.1) is 0 Å². The third kappa shape index (κ3) is 2.17. The maximum Gasteiger partial charge on any atom is 0.124 e. The first kappa shape index (κ1) is 10.9. The van der Waals surface area contributed by atoms with E-state index in [1.54, 1.807) is 6.92 Å². The van der Waals surface area contributed by atoms with Gasteiger partial charge in [-0.25, -0.2) is 0 Å². The fourth-order valence-corrected chi connectivity index (χ4v) is 1.50. The number of aryl methyl sites for hydroxylation is 1. The minimum absolute atomic E-state index is 0.469. The number of hydrogen-bond acceptors (Lipinski definition) is 3. The molecule has 14 heavy (non-hydrogen) atoms. The number of aliphatic hydroxyl groups excluding tert-OH is 1. The average molecular weight is 194 g/mol. The number of benzene rings is 1. The highest BCUT2D eigenvalue weighted by molar-refractivity contribution is 5.58. The van der Waals surface area contributed by atoms with E-state index in [0.717, 1.165) is 23.5 Å². The van der Waals surface area contributed by atoms with Crippen molar-refractivity contribution in [3.05, 3.63) is 23.8 Å². The molecule has 0 fully saturated rings. The quantitative estimate of drug-likeness (QED) is 0.569. The van der Waals surface area contributed by atoms with E-state index >= 15 is 0 Å². The van der Waals surface area contributed by atoms with Crippen LogP contribution in [0.4, 0.5) is 11.4 Å². The van der Waals surface area contributed by atoms with Gasteiger partial charge in [0.1, 0.15) is 6.23 Å². The minimum atomic E-state index is -0.469. The van der Waals surface area contributed by atoms with Crippen LogP contribution in [0.5, 0.6) is 0 Å². The van der Waals surface area contributed by atoms with Gasteiger partial charge in [0.15, 0.2) is 0 Å². The molecule has 3 heteroatoms. The lowest BCUT2D eigenvalue weighted by Gasteiger charge is -2.26. The lowest BCUT2D eigenvalue weighted by atomic mass is 10.1. The molecule has 3 N–H and O–H groups in total. The van der Waals surface area contributed by atoms with E-state index in [2.05, 4.69) is 0 Å². The monoisotopic (exact) mass is 194 g/mol. The van der Waals surface area contributed by atoms with E-state index in [0.29, 0.717) is 0 Å². The van der Waals surface area contributed by atoms with Gasteiger partial charge >= 0.3 is 0 Å². The number of anilines is 2. The van der Waals surface area contributed by atoms with Crippen LogP contribution in [0.2, 0.25) is 0 Å². The van der Waals surface area contributed by atoms with Crippen molar-refractivity contribution in [3.8, 4) is 0 Å². The molecule has 0 spiro atoms. The standard InChI is InChI=1S/C11H18N2O/c1-4-13(9(3)14)10-5-6-11(12)8(2)7-10/h5-7,9,14H,4,12H2,1-3H3/t9-/m1/s1. The highest BCUT2D eigenvalue weighted by atomic mass is 16.3. The molecule has 0 aliphatic rings. The highest BCUT2D eigenvalue weighted by Gasteiger charge is 2.09. The molecule has 0 unspecified atom stereocenters. The lowest BCUT2D eigenvalue weighted by Crippen LogP contribution is -2.32. The van der Waals surface area contributed by atoms with Crippen molar-refractivity contribution in [2.75, 3.05) is 17.2 Å². The number of hydrogen-bond donors (Lipinski definition) is 2. The van der Waals surface area contributed by atoms with Crippen LogP contribution in [-0.2, 0) is 0 Å². The summed E-state index contributed by atoms with van der Waals surface area (Å²) in [7, 11) is 0. The molecule has 1 aromatic carbocycles. The van der Waals surface area contributed by atoms with E-state index in [-0.39, 0.29) is 0 Å². The van der Waals surface area contributed by atoms with Gasteiger partial charge in [0.2, 0.25) is 0 Å². The maximum absolute atomic E-state index is 9.52. The molecule has 1 aromatic rings. The van der Waals surface area contributed by atoms with Crippen LogP contribution in [0.15, 0.2) is 18.2 Å². The fraction of sp³-hybridized carbons (Fsp3) is 0.455. The molecule has 0 heterocycles. The van der Waals surface area contributed by atoms with Crippen molar-refractivity contribution in [1.29, 1.82) is 0 Å². The molecule has 1 atom stereocenters. The predicted molar refractivity (Wildman–Crippen MR) is 60.3 cm³/mol. The van der Waals surface area contributed by atoms with E-state index < -0.39 is 6.23 Å². The molecule has 0 aliphatic carbocycles. The predicted octanol–water partition coefficient (Wildman–Crippen LogP) is 1.74. The summed E-state index contributed by atoms with van der Waals surface area (Å²) in [5, 5.41) is 9.52. The van der Waals surface area contributed by atoms with Crippen LogP contribution >= 0.6 is 0 Å².